The van der Waals surface area contributed by atoms with Crippen LogP contribution in [0.25, 0.3) is 10.9 Å². The van der Waals surface area contributed by atoms with Gasteiger partial charge in [0.25, 0.3) is 0 Å². The van der Waals surface area contributed by atoms with Gasteiger partial charge in [0.05, 0.1) is 6.61 Å². The maximum Gasteiger partial charge on any atom is 0.226 e. The van der Waals surface area contributed by atoms with Crippen LogP contribution in [-0.4, -0.2) is 53.3 Å². The lowest BCUT2D eigenvalue weighted by atomic mass is 9.77. The van der Waals surface area contributed by atoms with Crippen molar-refractivity contribution in [2.45, 2.75) is 44.7 Å². The fourth-order valence-electron chi connectivity index (χ4n) is 5.22. The fourth-order valence-corrected chi connectivity index (χ4v) is 5.58. The van der Waals surface area contributed by atoms with Crippen molar-refractivity contribution in [2.24, 2.45) is 11.8 Å². The van der Waals surface area contributed by atoms with Crippen LogP contribution in [0.5, 0.6) is 0 Å². The van der Waals surface area contributed by atoms with Crippen LogP contribution in [0.4, 0.5) is 0 Å². The van der Waals surface area contributed by atoms with Crippen LogP contribution in [0.2, 0.25) is 0 Å². The largest absolute Gasteiger partial charge is 0.371 e. The zero-order valence-corrected chi connectivity index (χ0v) is 18.9. The molecule has 0 spiro atoms. The number of hydrogen-bond donors (Lipinski definition) is 2. The summed E-state index contributed by atoms with van der Waals surface area (Å²) in [5, 5.41) is 3.97. The topological polar surface area (TPSA) is 91.5 Å². The molecular weight excluding hydrogens is 462 g/mol. The molecule has 1 saturated heterocycles. The lowest BCUT2D eigenvalue weighted by Crippen LogP contribution is -2.49. The molecule has 8 heteroatoms. The van der Waals surface area contributed by atoms with Crippen molar-refractivity contribution in [1.82, 2.24) is 15.2 Å². The molecule has 2 N–H and O–H groups in total. The molecule has 7 nitrogen and oxygen atoms in total. The normalized spacial score (nSPS) is 26.2. The molecule has 0 bridgehead atoms. The van der Waals surface area contributed by atoms with E-state index in [2.05, 4.69) is 38.4 Å². The SMILES string of the molecule is O=C1COCC1NC(=O)[C@@H]1CCCC[C@H]1C(=O)N1CCc2[nH]c3ccc(Br)cc3c2C1. The number of ketones is 1. The molecule has 164 valence electrons. The average molecular weight is 488 g/mol. The zero-order valence-electron chi connectivity index (χ0n) is 17.3. The van der Waals surface area contributed by atoms with E-state index in [1.54, 1.807) is 0 Å². The number of carbonyl (C=O) groups is 3. The number of ether oxygens (including phenoxy) is 1. The Morgan fingerprint density at radius 1 is 1.19 bits per heavy atom. The number of nitrogens with zero attached hydrogens (tertiary/aromatic N) is 1. The van der Waals surface area contributed by atoms with E-state index >= 15 is 0 Å². The molecule has 0 radical (unpaired) electrons. The van der Waals surface area contributed by atoms with E-state index in [1.807, 2.05) is 11.0 Å². The second-order valence-corrected chi connectivity index (χ2v) is 9.74. The van der Waals surface area contributed by atoms with E-state index < -0.39 is 6.04 Å². The molecule has 2 aromatic rings. The summed E-state index contributed by atoms with van der Waals surface area (Å²) >= 11 is 3.54. The van der Waals surface area contributed by atoms with Crippen LogP contribution in [0.15, 0.2) is 22.7 Å². The highest BCUT2D eigenvalue weighted by Gasteiger charge is 2.40. The monoisotopic (exact) mass is 487 g/mol. The summed E-state index contributed by atoms with van der Waals surface area (Å²) in [5.74, 6) is -0.932. The number of H-pyrrole nitrogens is 1. The molecule has 1 unspecified atom stereocenters. The Balaban J connectivity index is 1.33. The van der Waals surface area contributed by atoms with Crippen molar-refractivity contribution in [3.8, 4) is 0 Å². The van der Waals surface area contributed by atoms with Crippen molar-refractivity contribution in [1.29, 1.82) is 0 Å². The number of rotatable bonds is 3. The van der Waals surface area contributed by atoms with E-state index in [0.717, 1.165) is 41.1 Å². The van der Waals surface area contributed by atoms with Crippen LogP contribution in [0, 0.1) is 11.8 Å². The number of Topliss-reactive ketones (excluding diaryl/α,β-unsaturated/α-hetero) is 1. The smallest absolute Gasteiger partial charge is 0.226 e. The van der Waals surface area contributed by atoms with E-state index in [-0.39, 0.29) is 42.6 Å². The van der Waals surface area contributed by atoms with Crippen LogP contribution in [0.1, 0.15) is 36.9 Å². The number of benzene rings is 1. The van der Waals surface area contributed by atoms with Gasteiger partial charge < -0.3 is 19.9 Å². The summed E-state index contributed by atoms with van der Waals surface area (Å²) in [6.45, 7) is 1.49. The van der Waals surface area contributed by atoms with E-state index in [0.29, 0.717) is 19.5 Å². The fraction of sp³-hybridized carbons (Fsp3) is 0.522. The number of halogens is 1. The second kappa shape index (κ2) is 8.39. The van der Waals surface area contributed by atoms with Gasteiger partial charge in [0.2, 0.25) is 11.8 Å². The summed E-state index contributed by atoms with van der Waals surface area (Å²) in [5.41, 5.74) is 3.44. The van der Waals surface area contributed by atoms with Crippen molar-refractivity contribution in [2.75, 3.05) is 19.8 Å². The molecule has 3 heterocycles. The van der Waals surface area contributed by atoms with Gasteiger partial charge in [-0.1, -0.05) is 28.8 Å². The van der Waals surface area contributed by atoms with E-state index in [9.17, 15) is 14.4 Å². The number of hydrogen-bond acceptors (Lipinski definition) is 4. The van der Waals surface area contributed by atoms with Gasteiger partial charge in [0.15, 0.2) is 5.78 Å². The molecule has 1 aromatic carbocycles. The Morgan fingerprint density at radius 3 is 2.77 bits per heavy atom. The predicted octanol–water partition coefficient (Wildman–Crippen LogP) is 2.71. The molecule has 3 aliphatic rings. The summed E-state index contributed by atoms with van der Waals surface area (Å²) in [6, 6.07) is 5.58. The second-order valence-electron chi connectivity index (χ2n) is 8.82. The molecule has 5 rings (SSSR count). The van der Waals surface area contributed by atoms with E-state index in [4.69, 9.17) is 4.74 Å². The van der Waals surface area contributed by atoms with Gasteiger partial charge in [-0.3, -0.25) is 14.4 Å². The number of carbonyl (C=O) groups excluding carboxylic acids is 3. The highest BCUT2D eigenvalue weighted by atomic mass is 79.9. The zero-order chi connectivity index (χ0) is 21.5. The van der Waals surface area contributed by atoms with Gasteiger partial charge in [-0.25, -0.2) is 0 Å². The maximum atomic E-state index is 13.5. The van der Waals surface area contributed by atoms with Crippen LogP contribution in [-0.2, 0) is 32.1 Å². The first-order valence-electron chi connectivity index (χ1n) is 11.0. The quantitative estimate of drug-likeness (QED) is 0.695. The highest BCUT2D eigenvalue weighted by Crippen LogP contribution is 2.35. The van der Waals surface area contributed by atoms with E-state index in [1.165, 1.54) is 11.3 Å². The molecule has 1 aliphatic carbocycles. The average Bonchev–Trinajstić information content (AvgIpc) is 3.35. The highest BCUT2D eigenvalue weighted by molar-refractivity contribution is 9.10. The minimum Gasteiger partial charge on any atom is -0.371 e. The Morgan fingerprint density at radius 2 is 2.00 bits per heavy atom. The summed E-state index contributed by atoms with van der Waals surface area (Å²) in [6.07, 6.45) is 4.06. The number of aromatic nitrogens is 1. The minimum absolute atomic E-state index is 0.0504. The molecule has 1 saturated carbocycles. The molecule has 3 atom stereocenters. The maximum absolute atomic E-state index is 13.5. The number of fused-ring (bicyclic) bond motifs is 3. The standard InChI is InChI=1S/C23H26BrN3O4/c24-13-5-6-18-16(9-13)17-10-27(8-7-19(17)25-18)23(30)15-4-2-1-3-14(15)22(29)26-20-11-31-12-21(20)28/h5-6,9,14-15,20,25H,1-4,7-8,10-12H2,(H,26,29)/t14-,15-,20?/m1/s1. The predicted molar refractivity (Wildman–Crippen MR) is 118 cm³/mol. The van der Waals surface area contributed by atoms with Gasteiger partial charge in [-0.2, -0.15) is 0 Å². The molecule has 31 heavy (non-hydrogen) atoms. The van der Waals surface area contributed by atoms with Crippen LogP contribution < -0.4 is 5.32 Å². The first kappa shape index (κ1) is 20.7. The number of amides is 2. The van der Waals surface area contributed by atoms with Gasteiger partial charge in [-0.15, -0.1) is 0 Å². The Hall–Kier alpha value is -2.19. The van der Waals surface area contributed by atoms with Crippen LogP contribution >= 0.6 is 15.9 Å². The third kappa shape index (κ3) is 3.91. The Kier molecular flexibility index (Phi) is 5.60. The van der Waals surface area contributed by atoms with Crippen LogP contribution in [0.3, 0.4) is 0 Å². The van der Waals surface area contributed by atoms with Crippen molar-refractivity contribution in [3.05, 3.63) is 33.9 Å². The van der Waals surface area contributed by atoms with Crippen molar-refractivity contribution >= 4 is 44.4 Å². The molecule has 2 fully saturated rings. The lowest BCUT2D eigenvalue weighted by Gasteiger charge is -2.36. The minimum atomic E-state index is -0.576. The first-order valence-corrected chi connectivity index (χ1v) is 11.8. The van der Waals surface area contributed by atoms with Crippen molar-refractivity contribution in [3.63, 3.8) is 0 Å². The molecule has 1 aromatic heterocycles. The van der Waals surface area contributed by atoms with Gasteiger partial charge in [0.1, 0.15) is 12.6 Å². The van der Waals surface area contributed by atoms with Gasteiger partial charge in [0, 0.05) is 58.0 Å². The number of nitrogens with one attached hydrogen (secondary N) is 2. The third-order valence-corrected chi connectivity index (χ3v) is 7.40. The first-order chi connectivity index (χ1) is 15.0. The lowest BCUT2D eigenvalue weighted by molar-refractivity contribution is -0.144. The van der Waals surface area contributed by atoms with Gasteiger partial charge in [-0.05, 0) is 31.0 Å². The molecular formula is C23H26BrN3O4. The Bertz CT molecular complexity index is 1050. The summed E-state index contributed by atoms with van der Waals surface area (Å²) in [7, 11) is 0. The number of aromatic amines is 1. The Labute approximate surface area is 189 Å². The van der Waals surface area contributed by atoms with Crippen molar-refractivity contribution < 1.29 is 19.1 Å². The third-order valence-electron chi connectivity index (χ3n) is 6.90. The van der Waals surface area contributed by atoms with Gasteiger partial charge >= 0.3 is 0 Å². The summed E-state index contributed by atoms with van der Waals surface area (Å²) < 4.78 is 6.16. The molecule has 2 amide bonds. The molecule has 2 aliphatic heterocycles. The summed E-state index contributed by atoms with van der Waals surface area (Å²) in [4.78, 5) is 43.8.